The summed E-state index contributed by atoms with van der Waals surface area (Å²) in [6.07, 6.45) is 0. The fourth-order valence-electron chi connectivity index (χ4n) is 8.84. The van der Waals surface area contributed by atoms with Gasteiger partial charge in [0.15, 0.2) is 11.3 Å². The molecule has 58 heavy (non-hydrogen) atoms. The molecule has 0 spiro atoms. The highest BCUT2D eigenvalue weighted by molar-refractivity contribution is 6.11. The summed E-state index contributed by atoms with van der Waals surface area (Å²) in [7, 11) is 0. The molecule has 0 atom stereocenters. The molecule has 0 bridgehead atoms. The average molecular weight is 744 g/mol. The van der Waals surface area contributed by atoms with Crippen molar-refractivity contribution >= 4 is 39.0 Å². The molecule has 4 heteroatoms. The minimum Gasteiger partial charge on any atom is -0.456 e. The van der Waals surface area contributed by atoms with Crippen LogP contribution in [0.1, 0.15) is 0 Å². The van der Waals surface area contributed by atoms with Crippen molar-refractivity contribution in [1.82, 2.24) is 0 Å². The van der Waals surface area contributed by atoms with Gasteiger partial charge < -0.3 is 18.8 Å². The number of rotatable bonds is 4. The molecule has 2 aliphatic rings. The van der Waals surface area contributed by atoms with Crippen molar-refractivity contribution in [3.63, 3.8) is 0 Å². The monoisotopic (exact) mass is 743 g/mol. The van der Waals surface area contributed by atoms with E-state index in [4.69, 9.17) is 13.9 Å². The van der Waals surface area contributed by atoms with Crippen molar-refractivity contribution in [2.24, 2.45) is 0 Å². The number of furan rings is 1. The van der Waals surface area contributed by atoms with E-state index in [1.807, 2.05) is 42.5 Å². The van der Waals surface area contributed by atoms with Gasteiger partial charge in [-0.05, 0) is 88.0 Å². The maximum atomic E-state index is 7.04. The number of hydrogen-bond acceptors (Lipinski definition) is 4. The second-order valence-electron chi connectivity index (χ2n) is 14.8. The molecule has 3 heterocycles. The molecular formula is C54H33NO3. The van der Waals surface area contributed by atoms with Crippen LogP contribution >= 0.6 is 0 Å². The van der Waals surface area contributed by atoms with Gasteiger partial charge in [-0.3, -0.25) is 0 Å². The molecule has 0 amide bonds. The summed E-state index contributed by atoms with van der Waals surface area (Å²) >= 11 is 0. The van der Waals surface area contributed by atoms with Gasteiger partial charge in [0.1, 0.15) is 22.8 Å². The molecule has 0 aliphatic carbocycles. The van der Waals surface area contributed by atoms with Gasteiger partial charge in [0.05, 0.1) is 11.4 Å². The number of benzene rings is 9. The number of hydrogen-bond donors (Lipinski definition) is 0. The summed E-state index contributed by atoms with van der Waals surface area (Å²) < 4.78 is 20.2. The first kappa shape index (κ1) is 32.4. The lowest BCUT2D eigenvalue weighted by Crippen LogP contribution is -2.11. The maximum absolute atomic E-state index is 7.04. The Balaban J connectivity index is 1.05. The Labute approximate surface area is 335 Å². The van der Waals surface area contributed by atoms with Gasteiger partial charge in [0.2, 0.25) is 0 Å². The highest BCUT2D eigenvalue weighted by Crippen LogP contribution is 2.54. The molecule has 272 valence electrons. The van der Waals surface area contributed by atoms with Crippen molar-refractivity contribution < 1.29 is 13.9 Å². The second kappa shape index (κ2) is 12.9. The van der Waals surface area contributed by atoms with E-state index in [9.17, 15) is 0 Å². The first-order chi connectivity index (χ1) is 28.8. The Morgan fingerprint density at radius 1 is 0.328 bits per heavy atom. The Kier molecular flexibility index (Phi) is 7.20. The van der Waals surface area contributed by atoms with E-state index in [0.717, 1.165) is 118 Å². The lowest BCUT2D eigenvalue weighted by molar-refractivity contribution is 0.487. The van der Waals surface area contributed by atoms with E-state index in [-0.39, 0.29) is 0 Å². The highest BCUT2D eigenvalue weighted by Gasteiger charge is 2.28. The minimum absolute atomic E-state index is 0.781. The van der Waals surface area contributed by atoms with Crippen molar-refractivity contribution in [2.75, 3.05) is 4.90 Å². The predicted octanol–water partition coefficient (Wildman–Crippen LogP) is 15.6. The summed E-state index contributed by atoms with van der Waals surface area (Å²) in [5.41, 5.74) is 15.5. The molecule has 12 rings (SSSR count). The topological polar surface area (TPSA) is 34.8 Å². The van der Waals surface area contributed by atoms with Gasteiger partial charge in [0, 0.05) is 38.7 Å². The van der Waals surface area contributed by atoms with E-state index >= 15 is 0 Å². The Bertz CT molecular complexity index is 3250. The molecule has 0 N–H and O–H groups in total. The molecule has 1 aromatic heterocycles. The van der Waals surface area contributed by atoms with Gasteiger partial charge >= 0.3 is 0 Å². The van der Waals surface area contributed by atoms with E-state index in [0.29, 0.717) is 0 Å². The third-order valence-electron chi connectivity index (χ3n) is 11.5. The van der Waals surface area contributed by atoms with Crippen molar-refractivity contribution in [3.05, 3.63) is 200 Å². The van der Waals surface area contributed by atoms with Gasteiger partial charge in [-0.15, -0.1) is 0 Å². The number of fused-ring (bicyclic) bond motifs is 13. The van der Waals surface area contributed by atoms with Gasteiger partial charge in [0.25, 0.3) is 0 Å². The normalized spacial score (nSPS) is 12.1. The van der Waals surface area contributed by atoms with Crippen LogP contribution in [0.25, 0.3) is 77.6 Å². The SMILES string of the molecule is c1ccc2c(c1)Oc1ccccc1-c1cc(-c3ccc(N(c4cccc5c4Oc4ccccc4-c4ccccc4-5)c4cccc5c4oc4ccccc45)cc3)ccc1-2. The van der Waals surface area contributed by atoms with Crippen LogP contribution in [0.4, 0.5) is 17.1 Å². The summed E-state index contributed by atoms with van der Waals surface area (Å²) in [6, 6.07) is 70.0. The summed E-state index contributed by atoms with van der Waals surface area (Å²) in [5, 5.41) is 2.14. The zero-order chi connectivity index (χ0) is 38.2. The molecular weight excluding hydrogens is 711 g/mol. The first-order valence-electron chi connectivity index (χ1n) is 19.6. The number of ether oxygens (including phenoxy) is 2. The summed E-state index contributed by atoms with van der Waals surface area (Å²) in [6.45, 7) is 0. The quantitative estimate of drug-likeness (QED) is 0.180. The van der Waals surface area contributed by atoms with Crippen molar-refractivity contribution in [1.29, 1.82) is 0 Å². The molecule has 0 saturated carbocycles. The van der Waals surface area contributed by atoms with Gasteiger partial charge in [-0.1, -0.05) is 146 Å². The molecule has 0 fully saturated rings. The second-order valence-corrected chi connectivity index (χ2v) is 14.8. The summed E-state index contributed by atoms with van der Waals surface area (Å²) in [5.74, 6) is 3.31. The lowest BCUT2D eigenvalue weighted by Gasteiger charge is -2.28. The minimum atomic E-state index is 0.781. The van der Waals surface area contributed by atoms with E-state index in [1.165, 1.54) is 0 Å². The van der Waals surface area contributed by atoms with Gasteiger partial charge in [-0.25, -0.2) is 0 Å². The number of para-hydroxylation sites is 6. The fraction of sp³-hybridized carbons (Fsp3) is 0. The van der Waals surface area contributed by atoms with Gasteiger partial charge in [-0.2, -0.15) is 0 Å². The number of nitrogens with zero attached hydrogens (tertiary/aromatic N) is 1. The average Bonchev–Trinajstić information content (AvgIpc) is 3.52. The zero-order valence-electron chi connectivity index (χ0n) is 31.2. The van der Waals surface area contributed by atoms with Crippen LogP contribution in [0.5, 0.6) is 23.0 Å². The molecule has 0 radical (unpaired) electrons. The molecule has 0 unspecified atom stereocenters. The Morgan fingerprint density at radius 2 is 0.845 bits per heavy atom. The molecule has 4 nitrogen and oxygen atoms in total. The van der Waals surface area contributed by atoms with Crippen LogP contribution in [-0.4, -0.2) is 0 Å². The molecule has 9 aromatic carbocycles. The van der Waals surface area contributed by atoms with Crippen LogP contribution in [0.15, 0.2) is 205 Å². The molecule has 0 saturated heterocycles. The zero-order valence-corrected chi connectivity index (χ0v) is 31.2. The van der Waals surface area contributed by atoms with E-state index < -0.39 is 0 Å². The van der Waals surface area contributed by atoms with Crippen LogP contribution in [-0.2, 0) is 0 Å². The summed E-state index contributed by atoms with van der Waals surface area (Å²) in [4.78, 5) is 2.28. The predicted molar refractivity (Wildman–Crippen MR) is 236 cm³/mol. The van der Waals surface area contributed by atoms with Crippen LogP contribution < -0.4 is 14.4 Å². The number of anilines is 3. The van der Waals surface area contributed by atoms with E-state index in [2.05, 4.69) is 163 Å². The third kappa shape index (κ3) is 5.02. The van der Waals surface area contributed by atoms with Crippen LogP contribution in [0.2, 0.25) is 0 Å². The third-order valence-corrected chi connectivity index (χ3v) is 11.5. The van der Waals surface area contributed by atoms with Crippen molar-refractivity contribution in [2.45, 2.75) is 0 Å². The Morgan fingerprint density at radius 3 is 1.59 bits per heavy atom. The largest absolute Gasteiger partial charge is 0.456 e. The van der Waals surface area contributed by atoms with Crippen molar-refractivity contribution in [3.8, 4) is 78.6 Å². The standard InChI is InChI=1S/C54H33NO3/c1-2-14-38-37(13-1)40-15-4-9-25-51(40)57-53-44(38)19-11-21-47(53)55(48-22-12-20-45-42-17-5-10-26-52(42)58-54(45)48)36-30-27-34(28-31-36)35-29-32-39-41-16-3-7-23-49(41)56-50-24-8-6-18-43(50)46(39)33-35/h1-33H. The smallest absolute Gasteiger partial charge is 0.159 e. The fourth-order valence-corrected chi connectivity index (χ4v) is 8.84. The first-order valence-corrected chi connectivity index (χ1v) is 19.6. The van der Waals surface area contributed by atoms with E-state index in [1.54, 1.807) is 0 Å². The molecule has 2 aliphatic heterocycles. The van der Waals surface area contributed by atoms with Crippen LogP contribution in [0.3, 0.4) is 0 Å². The molecule has 10 aromatic rings. The van der Waals surface area contributed by atoms with Crippen LogP contribution in [0, 0.1) is 0 Å². The highest BCUT2D eigenvalue weighted by atomic mass is 16.5. The lowest BCUT2D eigenvalue weighted by atomic mass is 9.91. The Hall–Kier alpha value is -7.82. The maximum Gasteiger partial charge on any atom is 0.159 e.